The van der Waals surface area contributed by atoms with Crippen LogP contribution in [0, 0.1) is 0 Å². The molecule has 2 rings (SSSR count). The van der Waals surface area contributed by atoms with Gasteiger partial charge in [-0.15, -0.1) is 11.8 Å². The van der Waals surface area contributed by atoms with Crippen molar-refractivity contribution in [2.75, 3.05) is 0 Å². The average molecular weight is 261 g/mol. The molecule has 1 aromatic carbocycles. The van der Waals surface area contributed by atoms with Crippen LogP contribution in [-0.4, -0.2) is 21.3 Å². The zero-order chi connectivity index (χ0) is 13.0. The van der Waals surface area contributed by atoms with E-state index in [1.165, 1.54) is 11.8 Å². The van der Waals surface area contributed by atoms with Gasteiger partial charge in [0.25, 0.3) is 0 Å². The predicted octanol–water partition coefficient (Wildman–Crippen LogP) is 3.33. The topological polar surface area (TPSA) is 50.2 Å². The van der Waals surface area contributed by atoms with E-state index in [0.29, 0.717) is 6.42 Å². The van der Waals surface area contributed by atoms with Gasteiger partial charge in [-0.2, -0.15) is 0 Å². The van der Waals surface area contributed by atoms with Crippen LogP contribution in [0.15, 0.2) is 36.5 Å². The van der Waals surface area contributed by atoms with E-state index in [0.717, 1.165) is 22.2 Å². The van der Waals surface area contributed by atoms with E-state index in [2.05, 4.69) is 11.1 Å². The molecular formula is C14H15NO2S. The number of benzene rings is 1. The number of fused-ring (bicyclic) bond motifs is 1. The van der Waals surface area contributed by atoms with Crippen LogP contribution >= 0.6 is 11.8 Å². The molecule has 0 fully saturated rings. The van der Waals surface area contributed by atoms with Gasteiger partial charge in [-0.1, -0.05) is 19.1 Å². The SMILES string of the molecule is CCC(SCc1ccc2ncccc2c1)C(=O)O. The van der Waals surface area contributed by atoms with Crippen molar-refractivity contribution in [3.05, 3.63) is 42.1 Å². The third-order valence-electron chi connectivity index (χ3n) is 2.76. The monoisotopic (exact) mass is 261 g/mol. The van der Waals surface area contributed by atoms with Crippen LogP contribution in [0.2, 0.25) is 0 Å². The number of carbonyl (C=O) groups is 1. The third kappa shape index (κ3) is 3.01. The molecule has 18 heavy (non-hydrogen) atoms. The molecule has 0 aliphatic rings. The molecule has 0 radical (unpaired) electrons. The quantitative estimate of drug-likeness (QED) is 0.897. The van der Waals surface area contributed by atoms with Crippen LogP contribution in [0.3, 0.4) is 0 Å². The highest BCUT2D eigenvalue weighted by atomic mass is 32.2. The van der Waals surface area contributed by atoms with Gasteiger partial charge in [0.05, 0.1) is 5.52 Å². The largest absolute Gasteiger partial charge is 0.480 e. The predicted molar refractivity (Wildman–Crippen MR) is 74.8 cm³/mol. The molecule has 1 unspecified atom stereocenters. The number of nitrogens with zero attached hydrogens (tertiary/aromatic N) is 1. The van der Waals surface area contributed by atoms with Gasteiger partial charge in [-0.25, -0.2) is 0 Å². The Morgan fingerprint density at radius 2 is 2.28 bits per heavy atom. The summed E-state index contributed by atoms with van der Waals surface area (Å²) in [6.07, 6.45) is 2.42. The maximum atomic E-state index is 10.9. The first kappa shape index (κ1) is 12.9. The number of aromatic nitrogens is 1. The van der Waals surface area contributed by atoms with Gasteiger partial charge in [-0.3, -0.25) is 9.78 Å². The molecule has 2 aromatic rings. The number of carboxylic acid groups (broad SMARTS) is 1. The van der Waals surface area contributed by atoms with E-state index >= 15 is 0 Å². The number of hydrogen-bond donors (Lipinski definition) is 1. The lowest BCUT2D eigenvalue weighted by molar-refractivity contribution is -0.136. The minimum absolute atomic E-state index is 0.324. The van der Waals surface area contributed by atoms with E-state index in [4.69, 9.17) is 5.11 Å². The summed E-state index contributed by atoms with van der Waals surface area (Å²) in [6, 6.07) is 9.99. The van der Waals surface area contributed by atoms with Crippen LogP contribution in [0.4, 0.5) is 0 Å². The number of pyridine rings is 1. The molecule has 3 nitrogen and oxygen atoms in total. The Morgan fingerprint density at radius 1 is 1.44 bits per heavy atom. The average Bonchev–Trinajstić information content (AvgIpc) is 2.39. The molecule has 1 atom stereocenters. The van der Waals surface area contributed by atoms with Crippen molar-refractivity contribution in [1.82, 2.24) is 4.98 Å². The highest BCUT2D eigenvalue weighted by molar-refractivity contribution is 7.99. The maximum absolute atomic E-state index is 10.9. The minimum Gasteiger partial charge on any atom is -0.480 e. The molecule has 1 aromatic heterocycles. The first-order chi connectivity index (χ1) is 8.70. The molecule has 4 heteroatoms. The number of rotatable bonds is 5. The first-order valence-electron chi connectivity index (χ1n) is 5.88. The maximum Gasteiger partial charge on any atom is 0.316 e. The summed E-state index contributed by atoms with van der Waals surface area (Å²) in [5.41, 5.74) is 2.11. The van der Waals surface area contributed by atoms with Gasteiger partial charge < -0.3 is 5.11 Å². The molecule has 0 aliphatic heterocycles. The number of thioether (sulfide) groups is 1. The fourth-order valence-electron chi connectivity index (χ4n) is 1.78. The van der Waals surface area contributed by atoms with Crippen molar-refractivity contribution < 1.29 is 9.90 Å². The molecule has 0 aliphatic carbocycles. The Balaban J connectivity index is 2.10. The van der Waals surface area contributed by atoms with E-state index in [1.807, 2.05) is 31.2 Å². The van der Waals surface area contributed by atoms with Gasteiger partial charge in [0.15, 0.2) is 0 Å². The van der Waals surface area contributed by atoms with E-state index in [1.54, 1.807) is 6.20 Å². The Hall–Kier alpha value is -1.55. The minimum atomic E-state index is -0.732. The summed E-state index contributed by atoms with van der Waals surface area (Å²) < 4.78 is 0. The molecule has 0 saturated heterocycles. The van der Waals surface area contributed by atoms with Crippen LogP contribution in [0.1, 0.15) is 18.9 Å². The smallest absolute Gasteiger partial charge is 0.316 e. The van der Waals surface area contributed by atoms with Crippen molar-refractivity contribution in [3.63, 3.8) is 0 Å². The molecular weight excluding hydrogens is 246 g/mol. The molecule has 1 heterocycles. The Labute approximate surface area is 110 Å². The van der Waals surface area contributed by atoms with Gasteiger partial charge in [-0.05, 0) is 30.2 Å². The highest BCUT2D eigenvalue weighted by Gasteiger charge is 2.15. The number of carboxylic acids is 1. The van der Waals surface area contributed by atoms with Crippen LogP contribution in [0.25, 0.3) is 10.9 Å². The zero-order valence-corrected chi connectivity index (χ0v) is 11.0. The van der Waals surface area contributed by atoms with Crippen molar-refractivity contribution >= 4 is 28.6 Å². The molecule has 0 saturated carbocycles. The van der Waals surface area contributed by atoms with E-state index < -0.39 is 5.97 Å². The summed E-state index contributed by atoms with van der Waals surface area (Å²) in [6.45, 7) is 1.90. The van der Waals surface area contributed by atoms with Crippen LogP contribution < -0.4 is 0 Å². The molecule has 0 amide bonds. The van der Waals surface area contributed by atoms with E-state index in [9.17, 15) is 4.79 Å². The Morgan fingerprint density at radius 3 is 3.00 bits per heavy atom. The lowest BCUT2D eigenvalue weighted by Gasteiger charge is -2.09. The molecule has 1 N–H and O–H groups in total. The van der Waals surface area contributed by atoms with E-state index in [-0.39, 0.29) is 5.25 Å². The van der Waals surface area contributed by atoms with Gasteiger partial charge in [0, 0.05) is 17.3 Å². The Bertz CT molecular complexity index is 556. The van der Waals surface area contributed by atoms with Crippen LogP contribution in [0.5, 0.6) is 0 Å². The highest BCUT2D eigenvalue weighted by Crippen LogP contribution is 2.22. The summed E-state index contributed by atoms with van der Waals surface area (Å²) >= 11 is 1.47. The molecule has 0 spiro atoms. The van der Waals surface area contributed by atoms with Crippen molar-refractivity contribution in [2.45, 2.75) is 24.3 Å². The third-order valence-corrected chi connectivity index (χ3v) is 4.20. The van der Waals surface area contributed by atoms with Crippen molar-refractivity contribution in [1.29, 1.82) is 0 Å². The van der Waals surface area contributed by atoms with Gasteiger partial charge in [0.1, 0.15) is 5.25 Å². The zero-order valence-electron chi connectivity index (χ0n) is 10.2. The lowest BCUT2D eigenvalue weighted by atomic mass is 10.1. The number of hydrogen-bond acceptors (Lipinski definition) is 3. The summed E-state index contributed by atoms with van der Waals surface area (Å²) in [5, 5.41) is 9.76. The second-order valence-electron chi connectivity index (χ2n) is 4.08. The summed E-state index contributed by atoms with van der Waals surface area (Å²) in [4.78, 5) is 15.2. The number of aliphatic carboxylic acids is 1. The van der Waals surface area contributed by atoms with Crippen LogP contribution in [-0.2, 0) is 10.5 Å². The normalized spacial score (nSPS) is 12.5. The fourth-order valence-corrected chi connectivity index (χ4v) is 2.73. The second kappa shape index (κ2) is 5.87. The van der Waals surface area contributed by atoms with Crippen molar-refractivity contribution in [3.8, 4) is 0 Å². The standard InChI is InChI=1S/C14H15NO2S/c1-2-13(14(16)17)18-9-10-5-6-12-11(8-10)4-3-7-15-12/h3-8,13H,2,9H2,1H3,(H,16,17). The molecule has 94 valence electrons. The lowest BCUT2D eigenvalue weighted by Crippen LogP contribution is -2.15. The fraction of sp³-hybridized carbons (Fsp3) is 0.286. The molecule has 0 bridgehead atoms. The van der Waals surface area contributed by atoms with Gasteiger partial charge >= 0.3 is 5.97 Å². The second-order valence-corrected chi connectivity index (χ2v) is 5.27. The summed E-state index contributed by atoms with van der Waals surface area (Å²) in [5.74, 6) is -0.0136. The van der Waals surface area contributed by atoms with Gasteiger partial charge in [0.2, 0.25) is 0 Å². The Kier molecular flexibility index (Phi) is 4.20. The van der Waals surface area contributed by atoms with Crippen molar-refractivity contribution in [2.24, 2.45) is 0 Å². The first-order valence-corrected chi connectivity index (χ1v) is 6.93. The summed E-state index contributed by atoms with van der Waals surface area (Å²) in [7, 11) is 0.